The van der Waals surface area contributed by atoms with Crippen molar-refractivity contribution in [1.29, 1.82) is 0 Å². The normalized spacial score (nSPS) is 14.5. The van der Waals surface area contributed by atoms with Gasteiger partial charge in [-0.15, -0.1) is 0 Å². The topological polar surface area (TPSA) is 77.5 Å². The number of hydrogen-bond donors (Lipinski definition) is 0. The molecule has 0 radical (unpaired) electrons. The van der Waals surface area contributed by atoms with Gasteiger partial charge in [-0.25, -0.2) is 8.42 Å². The maximum Gasteiger partial charge on any atom is 0.331 e. The number of carbonyl (C=O) groups excluding carboxylic acids is 2. The lowest BCUT2D eigenvalue weighted by Gasteiger charge is -2.21. The Morgan fingerprint density at radius 1 is 1.20 bits per heavy atom. The minimum absolute atomic E-state index is 0.656. The van der Waals surface area contributed by atoms with Crippen molar-refractivity contribution in [2.45, 2.75) is 26.0 Å². The maximum absolute atomic E-state index is 11.7. The van der Waals surface area contributed by atoms with Crippen LogP contribution in [-0.4, -0.2) is 38.8 Å². The van der Waals surface area contributed by atoms with Gasteiger partial charge >= 0.3 is 5.97 Å². The lowest BCUT2D eigenvalue weighted by molar-refractivity contribution is -0.144. The lowest BCUT2D eigenvalue weighted by atomic mass is 9.89. The molecule has 0 saturated carbocycles. The quantitative estimate of drug-likeness (QED) is 0.516. The van der Waals surface area contributed by atoms with E-state index in [2.05, 4.69) is 4.74 Å². The van der Waals surface area contributed by atoms with Crippen LogP contribution in [0.3, 0.4) is 0 Å². The van der Waals surface area contributed by atoms with Crippen molar-refractivity contribution in [1.82, 2.24) is 0 Å². The van der Waals surface area contributed by atoms with Crippen molar-refractivity contribution in [2.24, 2.45) is 5.41 Å². The highest BCUT2D eigenvalue weighted by Gasteiger charge is 2.42. The summed E-state index contributed by atoms with van der Waals surface area (Å²) in [6.45, 7) is 4.66. The van der Waals surface area contributed by atoms with E-state index < -0.39 is 32.3 Å². The van der Waals surface area contributed by atoms with E-state index in [-0.39, 0.29) is 0 Å². The van der Waals surface area contributed by atoms with E-state index in [1.807, 2.05) is 0 Å². The Labute approximate surface area is 89.7 Å². The summed E-state index contributed by atoms with van der Waals surface area (Å²) in [4.78, 5) is 23.0. The summed E-state index contributed by atoms with van der Waals surface area (Å²) in [6.07, 6.45) is 0.845. The fraction of sp³-hybridized carbons (Fsp3) is 0.778. The van der Waals surface area contributed by atoms with E-state index in [1.165, 1.54) is 0 Å². The van der Waals surface area contributed by atoms with Crippen LogP contribution in [0, 0.1) is 5.41 Å². The Morgan fingerprint density at radius 2 is 1.60 bits per heavy atom. The summed E-state index contributed by atoms with van der Waals surface area (Å²) >= 11 is 0. The second-order valence-corrected chi connectivity index (χ2v) is 6.48. The first kappa shape index (κ1) is 14.1. The minimum Gasteiger partial charge on any atom is -0.468 e. The Morgan fingerprint density at radius 3 is 1.80 bits per heavy atom. The molecule has 0 saturated heterocycles. The van der Waals surface area contributed by atoms with Gasteiger partial charge in [0.25, 0.3) is 0 Å². The molecule has 6 heteroatoms. The molecule has 0 spiro atoms. The number of sulfone groups is 1. The van der Waals surface area contributed by atoms with Crippen molar-refractivity contribution in [3.63, 3.8) is 0 Å². The van der Waals surface area contributed by atoms with Gasteiger partial charge in [-0.05, 0) is 0 Å². The molecule has 0 aliphatic carbocycles. The molecule has 0 heterocycles. The van der Waals surface area contributed by atoms with Gasteiger partial charge < -0.3 is 4.74 Å². The first-order valence-corrected chi connectivity index (χ1v) is 6.28. The first-order valence-electron chi connectivity index (χ1n) is 4.33. The van der Waals surface area contributed by atoms with Gasteiger partial charge in [0.15, 0.2) is 15.6 Å². The molecule has 0 aliphatic rings. The molecule has 15 heavy (non-hydrogen) atoms. The maximum atomic E-state index is 11.7. The van der Waals surface area contributed by atoms with E-state index >= 15 is 0 Å². The molecule has 88 valence electrons. The van der Waals surface area contributed by atoms with Crippen LogP contribution in [0.25, 0.3) is 0 Å². The molecule has 0 fully saturated rings. The molecule has 5 nitrogen and oxygen atoms in total. The molecule has 0 aromatic rings. The lowest BCUT2D eigenvalue weighted by Crippen LogP contribution is -2.44. The number of rotatable bonds is 3. The van der Waals surface area contributed by atoms with E-state index in [0.717, 1.165) is 13.4 Å². The number of methoxy groups -OCH3 is 1. The molecule has 1 atom stereocenters. The van der Waals surface area contributed by atoms with Crippen LogP contribution in [0.15, 0.2) is 0 Å². The van der Waals surface area contributed by atoms with Gasteiger partial charge in [0.1, 0.15) is 0 Å². The van der Waals surface area contributed by atoms with Crippen LogP contribution >= 0.6 is 0 Å². The zero-order chi connectivity index (χ0) is 12.4. The minimum atomic E-state index is -3.78. The van der Waals surface area contributed by atoms with Gasteiger partial charge in [0, 0.05) is 11.7 Å². The Kier molecular flexibility index (Phi) is 4.04. The van der Waals surface area contributed by atoms with Crippen LogP contribution in [0.2, 0.25) is 0 Å². The highest BCUT2D eigenvalue weighted by Crippen LogP contribution is 2.21. The first-order chi connectivity index (χ1) is 6.51. The van der Waals surface area contributed by atoms with E-state index in [1.54, 1.807) is 20.8 Å². The average molecular weight is 236 g/mol. The number of hydrogen-bond acceptors (Lipinski definition) is 5. The number of ether oxygens (including phenoxy) is 1. The van der Waals surface area contributed by atoms with Crippen molar-refractivity contribution < 1.29 is 22.7 Å². The standard InChI is InChI=1S/C9H16O5S/c1-9(2,3)7(10)6(8(11)14-4)15(5,12)13/h6H,1-5H3. The summed E-state index contributed by atoms with van der Waals surface area (Å²) in [7, 11) is -2.73. The van der Waals surface area contributed by atoms with Gasteiger partial charge in [-0.2, -0.15) is 0 Å². The molecule has 0 aromatic heterocycles. The van der Waals surface area contributed by atoms with Crippen LogP contribution in [0.5, 0.6) is 0 Å². The molecular weight excluding hydrogens is 220 g/mol. The summed E-state index contributed by atoms with van der Waals surface area (Å²) in [5.41, 5.74) is -0.901. The predicted octanol–water partition coefficient (Wildman–Crippen LogP) is 0.188. The predicted molar refractivity (Wildman–Crippen MR) is 55.1 cm³/mol. The summed E-state index contributed by atoms with van der Waals surface area (Å²) in [5.74, 6) is -1.69. The second-order valence-electron chi connectivity index (χ2n) is 4.35. The van der Waals surface area contributed by atoms with Crippen molar-refractivity contribution >= 4 is 21.6 Å². The highest BCUT2D eigenvalue weighted by molar-refractivity contribution is 7.92. The molecule has 0 N–H and O–H groups in total. The van der Waals surface area contributed by atoms with Gasteiger partial charge in [0.2, 0.25) is 5.25 Å². The molecule has 0 amide bonds. The highest BCUT2D eigenvalue weighted by atomic mass is 32.2. The molecule has 1 unspecified atom stereocenters. The Hall–Kier alpha value is -0.910. The van der Waals surface area contributed by atoms with Crippen molar-refractivity contribution in [3.8, 4) is 0 Å². The van der Waals surface area contributed by atoms with Crippen LogP contribution in [-0.2, 0) is 24.2 Å². The number of ketones is 1. The third-order valence-electron chi connectivity index (χ3n) is 1.82. The molecule has 0 rings (SSSR count). The van der Waals surface area contributed by atoms with E-state index in [0.29, 0.717) is 0 Å². The smallest absolute Gasteiger partial charge is 0.331 e. The Balaban J connectivity index is 5.35. The van der Waals surface area contributed by atoms with Crippen molar-refractivity contribution in [3.05, 3.63) is 0 Å². The summed E-state index contributed by atoms with van der Waals surface area (Å²) in [6, 6.07) is 0. The van der Waals surface area contributed by atoms with E-state index in [9.17, 15) is 18.0 Å². The van der Waals surface area contributed by atoms with Crippen LogP contribution in [0.4, 0.5) is 0 Å². The summed E-state index contributed by atoms with van der Waals surface area (Å²) < 4.78 is 26.9. The largest absolute Gasteiger partial charge is 0.468 e. The molecule has 0 aromatic carbocycles. The fourth-order valence-electron chi connectivity index (χ4n) is 0.977. The van der Waals surface area contributed by atoms with Crippen LogP contribution < -0.4 is 0 Å². The monoisotopic (exact) mass is 236 g/mol. The third-order valence-corrected chi connectivity index (χ3v) is 3.08. The zero-order valence-electron chi connectivity index (χ0n) is 9.53. The average Bonchev–Trinajstić information content (AvgIpc) is 1.99. The molecule has 0 aliphatic heterocycles. The fourth-order valence-corrected chi connectivity index (χ4v) is 2.16. The molecule has 0 bridgehead atoms. The van der Waals surface area contributed by atoms with E-state index in [4.69, 9.17) is 0 Å². The van der Waals surface area contributed by atoms with Gasteiger partial charge in [-0.3, -0.25) is 9.59 Å². The number of esters is 1. The second kappa shape index (κ2) is 4.30. The third kappa shape index (κ3) is 3.62. The van der Waals surface area contributed by atoms with Gasteiger partial charge in [0.05, 0.1) is 7.11 Å². The van der Waals surface area contributed by atoms with Crippen LogP contribution in [0.1, 0.15) is 20.8 Å². The summed E-state index contributed by atoms with van der Waals surface area (Å²) in [5, 5.41) is -1.72. The number of Topliss-reactive ketones (excluding diaryl/α,β-unsaturated/α-hetero) is 1. The Bertz CT molecular complexity index is 360. The van der Waals surface area contributed by atoms with Crippen molar-refractivity contribution in [2.75, 3.05) is 13.4 Å². The SMILES string of the molecule is COC(=O)C(C(=O)C(C)(C)C)S(C)(=O)=O. The number of carbonyl (C=O) groups is 2. The molecular formula is C9H16O5S. The van der Waals surface area contributed by atoms with Gasteiger partial charge in [-0.1, -0.05) is 20.8 Å². The zero-order valence-corrected chi connectivity index (χ0v) is 10.3.